The Kier molecular flexibility index (Phi) is 4.72. The summed E-state index contributed by atoms with van der Waals surface area (Å²) in [6.07, 6.45) is 4.65. The molecule has 0 atom stereocenters. The monoisotopic (exact) mass is 347 g/mol. The van der Waals surface area contributed by atoms with Gasteiger partial charge in [0.1, 0.15) is 22.8 Å². The summed E-state index contributed by atoms with van der Waals surface area (Å²) in [5.74, 6) is -0.689. The highest BCUT2D eigenvalue weighted by Crippen LogP contribution is 2.27. The van der Waals surface area contributed by atoms with Crippen molar-refractivity contribution >= 4 is 11.6 Å². The lowest BCUT2D eigenvalue weighted by molar-refractivity contribution is 0.0523. The summed E-state index contributed by atoms with van der Waals surface area (Å²) in [5, 5.41) is 9.72. The summed E-state index contributed by atoms with van der Waals surface area (Å²) in [6.45, 7) is 5.89. The van der Waals surface area contributed by atoms with E-state index < -0.39 is 11.5 Å². The topological polar surface area (TPSA) is 76.5 Å². The van der Waals surface area contributed by atoms with Crippen molar-refractivity contribution in [3.8, 4) is 17.2 Å². The van der Waals surface area contributed by atoms with Gasteiger partial charge in [0.15, 0.2) is 0 Å². The third kappa shape index (κ3) is 2.80. The van der Waals surface area contributed by atoms with Crippen molar-refractivity contribution in [2.75, 3.05) is 6.61 Å². The van der Waals surface area contributed by atoms with Gasteiger partial charge in [-0.1, -0.05) is 36.4 Å². The Hall–Kier alpha value is -3.59. The maximum atomic E-state index is 12.8. The van der Waals surface area contributed by atoms with E-state index in [0.29, 0.717) is 23.3 Å². The molecule has 6 heteroatoms. The van der Waals surface area contributed by atoms with Gasteiger partial charge in [-0.05, 0) is 12.5 Å². The van der Waals surface area contributed by atoms with E-state index in [9.17, 15) is 14.9 Å². The van der Waals surface area contributed by atoms with Crippen LogP contribution in [0.4, 0.5) is 0 Å². The number of fused-ring (bicyclic) bond motifs is 1. The fourth-order valence-electron chi connectivity index (χ4n) is 2.91. The number of carbonyl (C=O) groups excluding carboxylic acids is 1. The van der Waals surface area contributed by atoms with Gasteiger partial charge in [-0.25, -0.2) is 4.79 Å². The van der Waals surface area contributed by atoms with Crippen LogP contribution in [0.2, 0.25) is 0 Å². The van der Waals surface area contributed by atoms with Crippen LogP contribution in [0, 0.1) is 11.3 Å². The molecule has 0 aliphatic heterocycles. The van der Waals surface area contributed by atoms with Crippen molar-refractivity contribution in [3.63, 3.8) is 0 Å². The zero-order valence-electron chi connectivity index (χ0n) is 14.3. The van der Waals surface area contributed by atoms with Gasteiger partial charge in [0.05, 0.1) is 6.61 Å². The molecule has 3 aromatic rings. The minimum absolute atomic E-state index is 0.0831. The number of rotatable bonds is 5. The van der Waals surface area contributed by atoms with Gasteiger partial charge in [-0.2, -0.15) is 5.26 Å². The Balaban J connectivity index is 2.39. The molecule has 2 aromatic heterocycles. The van der Waals surface area contributed by atoms with Crippen LogP contribution < -0.4 is 5.56 Å². The molecular weight excluding hydrogens is 330 g/mol. The zero-order chi connectivity index (χ0) is 18.7. The predicted molar refractivity (Wildman–Crippen MR) is 98.0 cm³/mol. The zero-order valence-corrected chi connectivity index (χ0v) is 14.3. The lowest BCUT2D eigenvalue weighted by Gasteiger charge is -2.10. The van der Waals surface area contributed by atoms with Gasteiger partial charge in [0.25, 0.3) is 5.56 Å². The predicted octanol–water partition coefficient (Wildman–Crippen LogP) is 3.00. The molecule has 0 N–H and O–H groups in total. The van der Waals surface area contributed by atoms with E-state index in [1.807, 2.05) is 30.3 Å². The van der Waals surface area contributed by atoms with Crippen LogP contribution in [0.25, 0.3) is 16.8 Å². The lowest BCUT2D eigenvalue weighted by atomic mass is 10.1. The Bertz CT molecular complexity index is 1090. The normalized spacial score (nSPS) is 10.5. The summed E-state index contributed by atoms with van der Waals surface area (Å²) >= 11 is 0. The average molecular weight is 347 g/mol. The summed E-state index contributed by atoms with van der Waals surface area (Å²) in [6, 6.07) is 11.5. The number of hydrogen-bond donors (Lipinski definition) is 0. The number of allylic oxidation sites excluding steroid dienone is 1. The number of nitrogens with zero attached hydrogens (tertiary/aromatic N) is 3. The summed E-state index contributed by atoms with van der Waals surface area (Å²) in [4.78, 5) is 25.0. The van der Waals surface area contributed by atoms with Crippen molar-refractivity contribution in [2.45, 2.75) is 13.5 Å². The van der Waals surface area contributed by atoms with Crippen molar-refractivity contribution in [3.05, 3.63) is 76.9 Å². The molecule has 0 aliphatic rings. The second kappa shape index (κ2) is 7.11. The quantitative estimate of drug-likeness (QED) is 0.525. The Morgan fingerprint density at radius 3 is 2.65 bits per heavy atom. The fourth-order valence-corrected chi connectivity index (χ4v) is 2.91. The number of esters is 1. The van der Waals surface area contributed by atoms with Gasteiger partial charge in [0, 0.05) is 24.5 Å². The van der Waals surface area contributed by atoms with Gasteiger partial charge < -0.3 is 9.30 Å². The highest BCUT2D eigenvalue weighted by molar-refractivity contribution is 5.89. The van der Waals surface area contributed by atoms with E-state index in [2.05, 4.69) is 12.6 Å². The van der Waals surface area contributed by atoms with Crippen LogP contribution in [-0.2, 0) is 11.3 Å². The van der Waals surface area contributed by atoms with E-state index in [1.165, 1.54) is 10.6 Å². The molecule has 3 rings (SSSR count). The smallest absolute Gasteiger partial charge is 0.345 e. The molecule has 0 radical (unpaired) electrons. The van der Waals surface area contributed by atoms with Crippen LogP contribution in [0.3, 0.4) is 0 Å². The van der Waals surface area contributed by atoms with Crippen molar-refractivity contribution in [1.82, 2.24) is 8.97 Å². The molecule has 1 aromatic carbocycles. The first-order valence-corrected chi connectivity index (χ1v) is 8.14. The minimum Gasteiger partial charge on any atom is -0.462 e. The second-order valence-corrected chi connectivity index (χ2v) is 5.60. The first kappa shape index (κ1) is 17.2. The molecule has 0 fully saturated rings. The molecule has 0 saturated carbocycles. The van der Waals surface area contributed by atoms with Gasteiger partial charge in [0.2, 0.25) is 0 Å². The molecule has 0 amide bonds. The molecule has 0 unspecified atom stereocenters. The van der Waals surface area contributed by atoms with Crippen molar-refractivity contribution in [1.29, 1.82) is 5.26 Å². The van der Waals surface area contributed by atoms with E-state index in [4.69, 9.17) is 4.74 Å². The maximum Gasteiger partial charge on any atom is 0.345 e. The van der Waals surface area contributed by atoms with Crippen LogP contribution in [0.1, 0.15) is 22.8 Å². The number of nitriles is 1. The van der Waals surface area contributed by atoms with Crippen molar-refractivity contribution in [2.24, 2.45) is 0 Å². The van der Waals surface area contributed by atoms with Crippen LogP contribution >= 0.6 is 0 Å². The second-order valence-electron chi connectivity index (χ2n) is 5.60. The molecule has 0 bridgehead atoms. The van der Waals surface area contributed by atoms with Gasteiger partial charge in [-0.15, -0.1) is 6.58 Å². The van der Waals surface area contributed by atoms with E-state index in [-0.39, 0.29) is 12.2 Å². The number of hydrogen-bond acceptors (Lipinski definition) is 4. The third-order valence-corrected chi connectivity index (χ3v) is 4.00. The lowest BCUT2D eigenvalue weighted by Crippen LogP contribution is -2.26. The highest BCUT2D eigenvalue weighted by atomic mass is 16.5. The van der Waals surface area contributed by atoms with Crippen LogP contribution in [0.15, 0.2) is 60.2 Å². The summed E-state index contributed by atoms with van der Waals surface area (Å²) < 4.78 is 7.97. The molecular formula is C20H17N3O3. The first-order chi connectivity index (χ1) is 12.6. The van der Waals surface area contributed by atoms with E-state index in [1.54, 1.807) is 23.8 Å². The SMILES string of the molecule is C=CCn1cc(C(=O)OCC)c(=O)n2cc(-c3ccccc3)c(C#N)c12. The average Bonchev–Trinajstić information content (AvgIpc) is 3.05. The number of carbonyl (C=O) groups is 1. The molecule has 0 spiro atoms. The third-order valence-electron chi connectivity index (χ3n) is 4.00. The molecule has 6 nitrogen and oxygen atoms in total. The molecule has 0 aliphatic carbocycles. The minimum atomic E-state index is -0.689. The molecule has 2 heterocycles. The summed E-state index contributed by atoms with van der Waals surface area (Å²) in [5.41, 5.74) is 1.63. The number of aromatic nitrogens is 2. The van der Waals surface area contributed by atoms with Crippen molar-refractivity contribution < 1.29 is 9.53 Å². The summed E-state index contributed by atoms with van der Waals surface area (Å²) in [7, 11) is 0. The van der Waals surface area contributed by atoms with Gasteiger partial charge >= 0.3 is 5.97 Å². The van der Waals surface area contributed by atoms with E-state index in [0.717, 1.165) is 5.56 Å². The Morgan fingerprint density at radius 2 is 2.04 bits per heavy atom. The first-order valence-electron chi connectivity index (χ1n) is 8.14. The fraction of sp³-hybridized carbons (Fsp3) is 0.150. The Morgan fingerprint density at radius 1 is 1.31 bits per heavy atom. The Labute approximate surface area is 150 Å². The maximum absolute atomic E-state index is 12.8. The molecule has 130 valence electrons. The number of ether oxygens (including phenoxy) is 1. The van der Waals surface area contributed by atoms with E-state index >= 15 is 0 Å². The largest absolute Gasteiger partial charge is 0.462 e. The molecule has 0 saturated heterocycles. The standard InChI is InChI=1S/C20H17N3O3/c1-3-10-22-12-17(20(25)26-4-2)19(24)23-13-16(15(11-21)18(22)23)14-8-6-5-7-9-14/h3,5-9,12-13H,1,4,10H2,2H3. The van der Waals surface area contributed by atoms with Crippen LogP contribution in [-0.4, -0.2) is 21.5 Å². The molecule has 26 heavy (non-hydrogen) atoms. The van der Waals surface area contributed by atoms with Gasteiger partial charge in [-0.3, -0.25) is 9.20 Å². The van der Waals surface area contributed by atoms with Crippen LogP contribution in [0.5, 0.6) is 0 Å². The number of benzene rings is 1. The highest BCUT2D eigenvalue weighted by Gasteiger charge is 2.21.